The van der Waals surface area contributed by atoms with Crippen LogP contribution in [0.2, 0.25) is 0 Å². The lowest BCUT2D eigenvalue weighted by molar-refractivity contribution is -0.0297. The van der Waals surface area contributed by atoms with E-state index in [0.29, 0.717) is 6.54 Å². The van der Waals surface area contributed by atoms with Gasteiger partial charge in [-0.25, -0.2) is 4.68 Å². The second-order valence-electron chi connectivity index (χ2n) is 3.95. The van der Waals surface area contributed by atoms with Crippen LogP contribution in [0.5, 0.6) is 0 Å². The molecule has 0 bridgehead atoms. The number of hydrogen-bond donors (Lipinski definition) is 0. The monoisotopic (exact) mass is 335 g/mol. The molecule has 1 saturated heterocycles. The van der Waals surface area contributed by atoms with E-state index < -0.39 is 0 Å². The van der Waals surface area contributed by atoms with Gasteiger partial charge in [0.1, 0.15) is 0 Å². The fourth-order valence-electron chi connectivity index (χ4n) is 1.72. The second kappa shape index (κ2) is 5.24. The molecule has 1 aromatic heterocycles. The third-order valence-corrected chi connectivity index (χ3v) is 3.14. The lowest BCUT2D eigenvalue weighted by Crippen LogP contribution is -2.43. The van der Waals surface area contributed by atoms with Crippen LogP contribution >= 0.6 is 22.6 Å². The molecule has 0 saturated carbocycles. The maximum Gasteiger partial charge on any atom is 0.267 e. The summed E-state index contributed by atoms with van der Waals surface area (Å²) in [6, 6.07) is 1.58. The summed E-state index contributed by atoms with van der Waals surface area (Å²) in [5.41, 5.74) is -0.0660. The van der Waals surface area contributed by atoms with Gasteiger partial charge in [-0.05, 0) is 29.6 Å². The van der Waals surface area contributed by atoms with Crippen LogP contribution in [-0.4, -0.2) is 47.5 Å². The molecule has 2 rings (SSSR count). The van der Waals surface area contributed by atoms with Crippen LogP contribution in [0.3, 0.4) is 0 Å². The zero-order chi connectivity index (χ0) is 11.5. The van der Waals surface area contributed by atoms with Crippen molar-refractivity contribution in [1.29, 1.82) is 0 Å². The Bertz CT molecular complexity index is 421. The zero-order valence-electron chi connectivity index (χ0n) is 9.10. The summed E-state index contributed by atoms with van der Waals surface area (Å²) in [6.07, 6.45) is 1.75. The number of aromatic nitrogens is 2. The molecular weight excluding hydrogens is 321 g/mol. The molecule has 0 amide bonds. The Morgan fingerprint density at radius 2 is 2.50 bits per heavy atom. The van der Waals surface area contributed by atoms with E-state index in [1.807, 2.05) is 0 Å². The van der Waals surface area contributed by atoms with Crippen LogP contribution in [-0.2, 0) is 11.3 Å². The van der Waals surface area contributed by atoms with E-state index in [9.17, 15) is 4.79 Å². The zero-order valence-corrected chi connectivity index (χ0v) is 11.3. The Morgan fingerprint density at radius 1 is 1.69 bits per heavy atom. The highest BCUT2D eigenvalue weighted by Gasteiger charge is 2.18. The van der Waals surface area contributed by atoms with Crippen molar-refractivity contribution in [2.75, 3.05) is 26.7 Å². The molecule has 0 aliphatic carbocycles. The molecule has 5 nitrogen and oxygen atoms in total. The van der Waals surface area contributed by atoms with Crippen LogP contribution in [0.1, 0.15) is 0 Å². The molecule has 0 radical (unpaired) electrons. The molecule has 6 heteroatoms. The topological polar surface area (TPSA) is 47.4 Å². The molecule has 0 spiro atoms. The molecule has 2 heterocycles. The lowest BCUT2D eigenvalue weighted by atomic mass is 10.3. The van der Waals surface area contributed by atoms with Crippen molar-refractivity contribution in [3.05, 3.63) is 26.2 Å². The van der Waals surface area contributed by atoms with E-state index in [-0.39, 0.29) is 11.7 Å². The Balaban J connectivity index is 2.06. The minimum atomic E-state index is -0.0660. The average Bonchev–Trinajstić information content (AvgIpc) is 2.22. The number of ether oxygens (including phenoxy) is 1. The van der Waals surface area contributed by atoms with Crippen molar-refractivity contribution in [2.24, 2.45) is 0 Å². The van der Waals surface area contributed by atoms with Gasteiger partial charge in [-0.1, -0.05) is 0 Å². The fourth-order valence-corrected chi connectivity index (χ4v) is 2.11. The summed E-state index contributed by atoms with van der Waals surface area (Å²) >= 11 is 2.08. The first kappa shape index (κ1) is 12.0. The van der Waals surface area contributed by atoms with Crippen molar-refractivity contribution in [3.8, 4) is 0 Å². The maximum absolute atomic E-state index is 11.6. The van der Waals surface area contributed by atoms with E-state index in [1.54, 1.807) is 12.3 Å². The highest BCUT2D eigenvalue weighted by molar-refractivity contribution is 14.1. The normalized spacial score (nSPS) is 22.2. The molecule has 1 aliphatic heterocycles. The summed E-state index contributed by atoms with van der Waals surface area (Å²) in [5.74, 6) is 0. The maximum atomic E-state index is 11.6. The number of rotatable bonds is 2. The Hall–Kier alpha value is -0.470. The van der Waals surface area contributed by atoms with Gasteiger partial charge in [0.15, 0.2) is 0 Å². The van der Waals surface area contributed by atoms with Gasteiger partial charge in [0.25, 0.3) is 5.56 Å². The number of morpholine rings is 1. The van der Waals surface area contributed by atoms with E-state index >= 15 is 0 Å². The minimum absolute atomic E-state index is 0.0593. The largest absolute Gasteiger partial charge is 0.374 e. The Labute approximate surface area is 108 Å². The van der Waals surface area contributed by atoms with Gasteiger partial charge in [0.2, 0.25) is 0 Å². The molecule has 0 N–H and O–H groups in total. The summed E-state index contributed by atoms with van der Waals surface area (Å²) in [7, 11) is 2.06. The van der Waals surface area contributed by atoms with Gasteiger partial charge in [-0.3, -0.25) is 4.79 Å². The van der Waals surface area contributed by atoms with Gasteiger partial charge in [-0.15, -0.1) is 0 Å². The number of halogens is 1. The fraction of sp³-hybridized carbons (Fsp3) is 0.600. The molecule has 16 heavy (non-hydrogen) atoms. The average molecular weight is 335 g/mol. The highest BCUT2D eigenvalue weighted by atomic mass is 127. The lowest BCUT2D eigenvalue weighted by Gasteiger charge is -2.29. The SMILES string of the molecule is CN1CCOC(Cn2ncc(I)cc2=O)C1. The third kappa shape index (κ3) is 3.02. The summed E-state index contributed by atoms with van der Waals surface area (Å²) < 4.78 is 7.92. The van der Waals surface area contributed by atoms with Crippen LogP contribution in [0.4, 0.5) is 0 Å². The van der Waals surface area contributed by atoms with Crippen molar-refractivity contribution in [1.82, 2.24) is 14.7 Å². The second-order valence-corrected chi connectivity index (χ2v) is 5.19. The first-order chi connectivity index (χ1) is 7.65. The quantitative estimate of drug-likeness (QED) is 0.724. The molecule has 1 fully saturated rings. The summed E-state index contributed by atoms with van der Waals surface area (Å²) in [6.45, 7) is 3.05. The van der Waals surface area contributed by atoms with Gasteiger partial charge in [0, 0.05) is 22.7 Å². The van der Waals surface area contributed by atoms with Crippen LogP contribution < -0.4 is 5.56 Å². The highest BCUT2D eigenvalue weighted by Crippen LogP contribution is 2.04. The first-order valence-corrected chi connectivity index (χ1v) is 6.26. The smallest absolute Gasteiger partial charge is 0.267 e. The predicted octanol–water partition coefficient (Wildman–Crippen LogP) is 0.178. The van der Waals surface area contributed by atoms with E-state index in [1.165, 1.54) is 4.68 Å². The van der Waals surface area contributed by atoms with Gasteiger partial charge < -0.3 is 9.64 Å². The number of likely N-dealkylation sites (N-methyl/N-ethyl adjacent to an activating group) is 1. The van der Waals surface area contributed by atoms with Crippen molar-refractivity contribution in [3.63, 3.8) is 0 Å². The standard InChI is InChI=1S/C10H14IN3O2/c1-13-2-3-16-9(6-13)7-14-10(15)4-8(11)5-12-14/h4-5,9H,2-3,6-7H2,1H3. The van der Waals surface area contributed by atoms with E-state index in [0.717, 1.165) is 23.3 Å². The van der Waals surface area contributed by atoms with E-state index in [4.69, 9.17) is 4.74 Å². The number of nitrogens with zero attached hydrogens (tertiary/aromatic N) is 3. The molecular formula is C10H14IN3O2. The number of hydrogen-bond acceptors (Lipinski definition) is 4. The van der Waals surface area contributed by atoms with Crippen molar-refractivity contribution >= 4 is 22.6 Å². The molecule has 1 aromatic rings. The van der Waals surface area contributed by atoms with Crippen LogP contribution in [0, 0.1) is 3.57 Å². The van der Waals surface area contributed by atoms with Crippen molar-refractivity contribution in [2.45, 2.75) is 12.6 Å². The minimum Gasteiger partial charge on any atom is -0.374 e. The summed E-state index contributed by atoms with van der Waals surface area (Å²) in [5, 5.41) is 4.10. The predicted molar refractivity (Wildman–Crippen MR) is 68.5 cm³/mol. The third-order valence-electron chi connectivity index (χ3n) is 2.55. The van der Waals surface area contributed by atoms with Crippen LogP contribution in [0.15, 0.2) is 17.1 Å². The van der Waals surface area contributed by atoms with Crippen molar-refractivity contribution < 1.29 is 4.74 Å². The molecule has 1 atom stereocenters. The van der Waals surface area contributed by atoms with Gasteiger partial charge in [-0.2, -0.15) is 5.10 Å². The summed E-state index contributed by atoms with van der Waals surface area (Å²) in [4.78, 5) is 13.8. The molecule has 88 valence electrons. The molecule has 0 aromatic carbocycles. The van der Waals surface area contributed by atoms with Gasteiger partial charge in [0.05, 0.1) is 25.5 Å². The first-order valence-electron chi connectivity index (χ1n) is 5.18. The van der Waals surface area contributed by atoms with E-state index in [2.05, 4.69) is 39.6 Å². The van der Waals surface area contributed by atoms with Crippen LogP contribution in [0.25, 0.3) is 0 Å². The Kier molecular flexibility index (Phi) is 3.93. The molecule has 1 unspecified atom stereocenters. The Morgan fingerprint density at radius 3 is 3.19 bits per heavy atom. The molecule has 1 aliphatic rings. The van der Waals surface area contributed by atoms with Gasteiger partial charge >= 0.3 is 0 Å².